The third-order valence-electron chi connectivity index (χ3n) is 4.91. The minimum atomic E-state index is 0.457. The molecule has 0 bridgehead atoms. The molecule has 5 heteroatoms. The van der Waals surface area contributed by atoms with Crippen molar-refractivity contribution in [3.63, 3.8) is 0 Å². The monoisotopic (exact) mass is 375 g/mol. The summed E-state index contributed by atoms with van der Waals surface area (Å²) in [7, 11) is 1.67. The van der Waals surface area contributed by atoms with E-state index in [9.17, 15) is 0 Å². The lowest BCUT2D eigenvalue weighted by Gasteiger charge is -2.14. The van der Waals surface area contributed by atoms with Gasteiger partial charge in [0.2, 0.25) is 5.88 Å². The number of rotatable bonds is 6. The number of fused-ring (bicyclic) bond motifs is 1. The molecule has 28 heavy (non-hydrogen) atoms. The normalized spacial score (nSPS) is 13.5. The van der Waals surface area contributed by atoms with Crippen molar-refractivity contribution in [1.82, 2.24) is 15.3 Å². The van der Waals surface area contributed by atoms with Crippen molar-refractivity contribution in [3.8, 4) is 11.6 Å². The number of hydrogen-bond donors (Lipinski definition) is 1. The summed E-state index contributed by atoms with van der Waals surface area (Å²) in [5.74, 6) is 2.35. The van der Waals surface area contributed by atoms with Crippen LogP contribution in [0.3, 0.4) is 0 Å². The molecular weight excluding hydrogens is 350 g/mol. The Balaban J connectivity index is 1.61. The largest absolute Gasteiger partial charge is 0.497 e. The summed E-state index contributed by atoms with van der Waals surface area (Å²) in [6.45, 7) is 2.31. The molecule has 4 rings (SSSR count). The van der Waals surface area contributed by atoms with Gasteiger partial charge in [-0.2, -0.15) is 4.98 Å². The van der Waals surface area contributed by atoms with Crippen LogP contribution in [0.15, 0.2) is 54.6 Å². The molecule has 144 valence electrons. The number of aromatic nitrogens is 2. The highest BCUT2D eigenvalue weighted by Crippen LogP contribution is 2.24. The van der Waals surface area contributed by atoms with E-state index in [4.69, 9.17) is 19.4 Å². The van der Waals surface area contributed by atoms with Crippen molar-refractivity contribution in [3.05, 3.63) is 82.8 Å². The lowest BCUT2D eigenvalue weighted by molar-refractivity contribution is 0.287. The molecule has 0 aliphatic carbocycles. The first-order valence-corrected chi connectivity index (χ1v) is 9.71. The maximum absolute atomic E-state index is 6.19. The van der Waals surface area contributed by atoms with Gasteiger partial charge in [0.25, 0.3) is 0 Å². The third kappa shape index (κ3) is 4.49. The summed E-state index contributed by atoms with van der Waals surface area (Å²) < 4.78 is 11.5. The van der Waals surface area contributed by atoms with Gasteiger partial charge >= 0.3 is 0 Å². The van der Waals surface area contributed by atoms with Gasteiger partial charge in [0.05, 0.1) is 12.8 Å². The fourth-order valence-electron chi connectivity index (χ4n) is 3.45. The van der Waals surface area contributed by atoms with Crippen molar-refractivity contribution in [1.29, 1.82) is 0 Å². The number of nitrogens with zero attached hydrogens (tertiary/aromatic N) is 2. The fraction of sp³-hybridized carbons (Fsp3) is 0.304. The minimum Gasteiger partial charge on any atom is -0.497 e. The molecule has 1 N–H and O–H groups in total. The van der Waals surface area contributed by atoms with Gasteiger partial charge in [0, 0.05) is 24.9 Å². The number of hydrogen-bond acceptors (Lipinski definition) is 5. The smallest absolute Gasteiger partial charge is 0.220 e. The number of ether oxygens (including phenoxy) is 2. The molecule has 1 aliphatic rings. The third-order valence-corrected chi connectivity index (χ3v) is 4.91. The molecule has 3 aromatic rings. The average Bonchev–Trinajstić information content (AvgIpc) is 2.98. The predicted octanol–water partition coefficient (Wildman–Crippen LogP) is 3.34. The number of nitrogens with one attached hydrogen (secondary N) is 1. The molecule has 0 spiro atoms. The van der Waals surface area contributed by atoms with E-state index in [0.29, 0.717) is 18.9 Å². The molecule has 0 amide bonds. The van der Waals surface area contributed by atoms with E-state index in [1.165, 1.54) is 5.56 Å². The first kappa shape index (κ1) is 18.4. The zero-order valence-electron chi connectivity index (χ0n) is 16.1. The summed E-state index contributed by atoms with van der Waals surface area (Å²) in [6.07, 6.45) is 2.49. The van der Waals surface area contributed by atoms with Gasteiger partial charge < -0.3 is 14.8 Å². The molecule has 0 atom stereocenters. The first-order valence-electron chi connectivity index (χ1n) is 9.71. The Morgan fingerprint density at radius 1 is 0.929 bits per heavy atom. The van der Waals surface area contributed by atoms with E-state index >= 15 is 0 Å². The highest BCUT2D eigenvalue weighted by Gasteiger charge is 2.18. The summed E-state index contributed by atoms with van der Waals surface area (Å²) in [5, 5.41) is 3.44. The Kier molecular flexibility index (Phi) is 5.83. The molecule has 2 heterocycles. The zero-order chi connectivity index (χ0) is 19.2. The highest BCUT2D eigenvalue weighted by atomic mass is 16.5. The molecule has 0 fully saturated rings. The SMILES string of the molecule is COc1cccc(COc2nc(Cc3ccccc3)nc3c2CCNCC3)c1. The van der Waals surface area contributed by atoms with Crippen LogP contribution in [0.4, 0.5) is 0 Å². The van der Waals surface area contributed by atoms with Crippen LogP contribution in [0.1, 0.15) is 28.2 Å². The van der Waals surface area contributed by atoms with Crippen LogP contribution in [0.25, 0.3) is 0 Å². The van der Waals surface area contributed by atoms with Gasteiger partial charge in [-0.25, -0.2) is 4.98 Å². The van der Waals surface area contributed by atoms with Crippen LogP contribution in [-0.2, 0) is 25.9 Å². The van der Waals surface area contributed by atoms with Crippen LogP contribution >= 0.6 is 0 Å². The van der Waals surface area contributed by atoms with Crippen LogP contribution in [0.2, 0.25) is 0 Å². The van der Waals surface area contributed by atoms with Crippen LogP contribution in [0.5, 0.6) is 11.6 Å². The van der Waals surface area contributed by atoms with Crippen molar-refractivity contribution < 1.29 is 9.47 Å². The van der Waals surface area contributed by atoms with E-state index in [-0.39, 0.29) is 0 Å². The zero-order valence-corrected chi connectivity index (χ0v) is 16.1. The molecular formula is C23H25N3O2. The fourth-order valence-corrected chi connectivity index (χ4v) is 3.45. The lowest BCUT2D eigenvalue weighted by atomic mass is 10.1. The number of methoxy groups -OCH3 is 1. The predicted molar refractivity (Wildman–Crippen MR) is 109 cm³/mol. The second kappa shape index (κ2) is 8.85. The summed E-state index contributed by atoms with van der Waals surface area (Å²) >= 11 is 0. The minimum absolute atomic E-state index is 0.457. The molecule has 1 aromatic heterocycles. The molecule has 1 aliphatic heterocycles. The van der Waals surface area contributed by atoms with Gasteiger partial charge in [-0.15, -0.1) is 0 Å². The standard InChI is InChI=1S/C23H25N3O2/c1-27-19-9-5-8-18(14-19)16-28-23-20-10-12-24-13-11-21(20)25-22(26-23)15-17-6-3-2-4-7-17/h2-9,14,24H,10-13,15-16H2,1H3. The lowest BCUT2D eigenvalue weighted by Crippen LogP contribution is -2.16. The second-order valence-electron chi connectivity index (χ2n) is 6.92. The maximum Gasteiger partial charge on any atom is 0.220 e. The Morgan fingerprint density at radius 3 is 2.61 bits per heavy atom. The summed E-state index contributed by atoms with van der Waals surface area (Å²) in [5.41, 5.74) is 4.49. The van der Waals surface area contributed by atoms with E-state index in [0.717, 1.165) is 54.3 Å². The van der Waals surface area contributed by atoms with Crippen LogP contribution in [-0.4, -0.2) is 30.2 Å². The molecule has 2 aromatic carbocycles. The van der Waals surface area contributed by atoms with Gasteiger partial charge in [-0.3, -0.25) is 0 Å². The van der Waals surface area contributed by atoms with Crippen LogP contribution in [0, 0.1) is 0 Å². The van der Waals surface area contributed by atoms with Gasteiger partial charge in [0.1, 0.15) is 18.2 Å². The van der Waals surface area contributed by atoms with Crippen molar-refractivity contribution in [2.45, 2.75) is 25.9 Å². The summed E-state index contributed by atoms with van der Waals surface area (Å²) in [4.78, 5) is 9.65. The quantitative estimate of drug-likeness (QED) is 0.716. The Morgan fingerprint density at radius 2 is 1.75 bits per heavy atom. The Bertz CT molecular complexity index is 928. The van der Waals surface area contributed by atoms with Crippen LogP contribution < -0.4 is 14.8 Å². The first-order chi connectivity index (χ1) is 13.8. The topological polar surface area (TPSA) is 56.3 Å². The maximum atomic E-state index is 6.19. The van der Waals surface area contributed by atoms with E-state index in [1.54, 1.807) is 7.11 Å². The molecule has 0 saturated heterocycles. The van der Waals surface area contributed by atoms with Gasteiger partial charge in [0.15, 0.2) is 0 Å². The van der Waals surface area contributed by atoms with Crippen molar-refractivity contribution in [2.24, 2.45) is 0 Å². The highest BCUT2D eigenvalue weighted by molar-refractivity contribution is 5.35. The molecule has 0 radical (unpaired) electrons. The van der Waals surface area contributed by atoms with Gasteiger partial charge in [-0.1, -0.05) is 42.5 Å². The number of benzene rings is 2. The van der Waals surface area contributed by atoms with E-state index in [1.807, 2.05) is 42.5 Å². The van der Waals surface area contributed by atoms with Crippen molar-refractivity contribution in [2.75, 3.05) is 20.2 Å². The second-order valence-corrected chi connectivity index (χ2v) is 6.92. The average molecular weight is 375 g/mol. The van der Waals surface area contributed by atoms with Gasteiger partial charge in [-0.05, 0) is 36.2 Å². The molecule has 0 unspecified atom stereocenters. The Labute approximate surface area is 165 Å². The van der Waals surface area contributed by atoms with E-state index < -0.39 is 0 Å². The molecule has 0 saturated carbocycles. The molecule has 5 nitrogen and oxygen atoms in total. The Hall–Kier alpha value is -2.92. The van der Waals surface area contributed by atoms with Crippen molar-refractivity contribution >= 4 is 0 Å². The summed E-state index contributed by atoms with van der Waals surface area (Å²) in [6, 6.07) is 18.3. The van der Waals surface area contributed by atoms with E-state index in [2.05, 4.69) is 17.4 Å².